The molecule has 2 aromatic rings. The summed E-state index contributed by atoms with van der Waals surface area (Å²) in [6, 6.07) is 5.88. The molecule has 0 unspecified atom stereocenters. The number of nitrogens with zero attached hydrogens (tertiary/aromatic N) is 3. The van der Waals surface area contributed by atoms with Gasteiger partial charge in [-0.05, 0) is 30.7 Å². The van der Waals surface area contributed by atoms with E-state index in [1.807, 2.05) is 30.0 Å². The maximum atomic E-state index is 12.7. The van der Waals surface area contributed by atoms with Crippen LogP contribution in [0.4, 0.5) is 5.82 Å². The van der Waals surface area contributed by atoms with Gasteiger partial charge in [-0.2, -0.15) is 0 Å². The highest BCUT2D eigenvalue weighted by atomic mass is 79.9. The third-order valence-corrected chi connectivity index (χ3v) is 4.55. The average molecular weight is 349 g/mol. The number of anilines is 1. The summed E-state index contributed by atoms with van der Waals surface area (Å²) in [6.07, 6.45) is 3.41. The van der Waals surface area contributed by atoms with Crippen molar-refractivity contribution in [3.63, 3.8) is 0 Å². The number of aromatic nitrogens is 2. The molecule has 0 saturated carbocycles. The summed E-state index contributed by atoms with van der Waals surface area (Å²) >= 11 is 3.48. The van der Waals surface area contributed by atoms with E-state index in [0.717, 1.165) is 41.9 Å². The minimum Gasteiger partial charge on any atom is -0.349 e. The summed E-state index contributed by atoms with van der Waals surface area (Å²) in [6.45, 7) is 5.40. The van der Waals surface area contributed by atoms with Gasteiger partial charge in [-0.1, -0.05) is 15.9 Å². The summed E-state index contributed by atoms with van der Waals surface area (Å²) in [5, 5.41) is 3.28. The lowest BCUT2D eigenvalue weighted by Crippen LogP contribution is -2.46. The Morgan fingerprint density at radius 1 is 1.29 bits per heavy atom. The van der Waals surface area contributed by atoms with E-state index in [0.29, 0.717) is 5.82 Å². The third-order valence-electron chi connectivity index (χ3n) is 3.66. The fourth-order valence-electron chi connectivity index (χ4n) is 2.48. The normalized spacial score (nSPS) is 15.2. The molecule has 0 aliphatic carbocycles. The molecule has 0 amide bonds. The molecule has 1 aromatic heterocycles. The number of aryl methyl sites for hydroxylation is 1. The van der Waals surface area contributed by atoms with Crippen molar-refractivity contribution in [3.05, 3.63) is 51.0 Å². The van der Waals surface area contributed by atoms with Gasteiger partial charge in [0.05, 0.1) is 0 Å². The van der Waals surface area contributed by atoms with Gasteiger partial charge in [-0.25, -0.2) is 4.98 Å². The molecule has 0 radical (unpaired) electrons. The molecular weight excluding hydrogens is 332 g/mol. The Labute approximate surface area is 131 Å². The molecule has 3 rings (SSSR count). The van der Waals surface area contributed by atoms with Gasteiger partial charge in [0, 0.05) is 48.7 Å². The number of halogens is 1. The SMILES string of the molecule is Cc1cc(-n2ccnc(N3CCNCC3)c2=O)ccc1Br. The van der Waals surface area contributed by atoms with Crippen molar-refractivity contribution in [2.24, 2.45) is 0 Å². The Kier molecular flexibility index (Phi) is 4.07. The van der Waals surface area contributed by atoms with Crippen molar-refractivity contribution in [1.82, 2.24) is 14.9 Å². The molecule has 1 fully saturated rings. The molecular formula is C15H17BrN4O. The van der Waals surface area contributed by atoms with Crippen LogP contribution in [-0.4, -0.2) is 35.7 Å². The van der Waals surface area contributed by atoms with Crippen LogP contribution in [0, 0.1) is 6.92 Å². The van der Waals surface area contributed by atoms with Crippen LogP contribution in [-0.2, 0) is 0 Å². The molecule has 6 heteroatoms. The lowest BCUT2D eigenvalue weighted by Gasteiger charge is -2.27. The van der Waals surface area contributed by atoms with E-state index in [2.05, 4.69) is 26.2 Å². The van der Waals surface area contributed by atoms with Crippen molar-refractivity contribution in [3.8, 4) is 5.69 Å². The van der Waals surface area contributed by atoms with Gasteiger partial charge in [0.1, 0.15) is 0 Å². The summed E-state index contributed by atoms with van der Waals surface area (Å²) in [4.78, 5) is 19.0. The maximum absolute atomic E-state index is 12.7. The maximum Gasteiger partial charge on any atom is 0.298 e. The first-order chi connectivity index (χ1) is 10.2. The van der Waals surface area contributed by atoms with Gasteiger partial charge < -0.3 is 10.2 Å². The first kappa shape index (κ1) is 14.3. The van der Waals surface area contributed by atoms with Crippen molar-refractivity contribution in [2.75, 3.05) is 31.1 Å². The predicted molar refractivity (Wildman–Crippen MR) is 87.4 cm³/mol. The smallest absolute Gasteiger partial charge is 0.298 e. The van der Waals surface area contributed by atoms with Gasteiger partial charge in [0.15, 0.2) is 5.82 Å². The van der Waals surface area contributed by atoms with Gasteiger partial charge >= 0.3 is 0 Å². The number of hydrogen-bond donors (Lipinski definition) is 1. The first-order valence-electron chi connectivity index (χ1n) is 6.96. The molecule has 1 saturated heterocycles. The summed E-state index contributed by atoms with van der Waals surface area (Å²) in [5.41, 5.74) is 1.89. The number of piperazine rings is 1. The van der Waals surface area contributed by atoms with Gasteiger partial charge in [-0.3, -0.25) is 9.36 Å². The predicted octanol–water partition coefficient (Wildman–Crippen LogP) is 1.71. The molecule has 5 nitrogen and oxygen atoms in total. The molecule has 21 heavy (non-hydrogen) atoms. The zero-order valence-corrected chi connectivity index (χ0v) is 13.4. The van der Waals surface area contributed by atoms with Crippen LogP contribution in [0.15, 0.2) is 39.9 Å². The molecule has 110 valence electrons. The highest BCUT2D eigenvalue weighted by Gasteiger charge is 2.16. The Balaban J connectivity index is 2.03. The van der Waals surface area contributed by atoms with Gasteiger partial charge in [-0.15, -0.1) is 0 Å². The fourth-order valence-corrected chi connectivity index (χ4v) is 2.72. The first-order valence-corrected chi connectivity index (χ1v) is 7.76. The topological polar surface area (TPSA) is 50.2 Å². The number of rotatable bonds is 2. The summed E-state index contributed by atoms with van der Waals surface area (Å²) in [7, 11) is 0. The minimum absolute atomic E-state index is 0.0684. The van der Waals surface area contributed by atoms with E-state index in [1.54, 1.807) is 17.0 Å². The quantitative estimate of drug-likeness (QED) is 0.897. The molecule has 1 N–H and O–H groups in total. The Hall–Kier alpha value is -1.66. The second kappa shape index (κ2) is 5.99. The molecule has 0 spiro atoms. The minimum atomic E-state index is -0.0684. The summed E-state index contributed by atoms with van der Waals surface area (Å²) in [5.74, 6) is 0.527. The van der Waals surface area contributed by atoms with Crippen LogP contribution in [0.2, 0.25) is 0 Å². The average Bonchev–Trinajstić information content (AvgIpc) is 2.51. The van der Waals surface area contributed by atoms with E-state index in [9.17, 15) is 4.79 Å². The van der Waals surface area contributed by atoms with Crippen LogP contribution in [0.5, 0.6) is 0 Å². The number of nitrogens with one attached hydrogen (secondary N) is 1. The zero-order chi connectivity index (χ0) is 14.8. The summed E-state index contributed by atoms with van der Waals surface area (Å²) < 4.78 is 2.69. The van der Waals surface area contributed by atoms with Crippen LogP contribution in [0.1, 0.15) is 5.56 Å². The Morgan fingerprint density at radius 2 is 2.05 bits per heavy atom. The molecule has 1 aliphatic heterocycles. The van der Waals surface area contributed by atoms with Crippen molar-refractivity contribution >= 4 is 21.7 Å². The van der Waals surface area contributed by atoms with Crippen molar-refractivity contribution in [2.45, 2.75) is 6.92 Å². The number of hydrogen-bond acceptors (Lipinski definition) is 4. The Bertz CT molecular complexity index is 707. The van der Waals surface area contributed by atoms with Crippen LogP contribution < -0.4 is 15.8 Å². The number of benzene rings is 1. The van der Waals surface area contributed by atoms with E-state index in [-0.39, 0.29) is 5.56 Å². The lowest BCUT2D eigenvalue weighted by atomic mass is 10.2. The van der Waals surface area contributed by atoms with E-state index in [1.165, 1.54) is 0 Å². The van der Waals surface area contributed by atoms with E-state index < -0.39 is 0 Å². The molecule has 1 aliphatic rings. The van der Waals surface area contributed by atoms with Crippen molar-refractivity contribution < 1.29 is 0 Å². The standard InChI is InChI=1S/C15H17BrN4O/c1-11-10-12(2-3-13(11)16)20-9-6-18-14(15(20)21)19-7-4-17-5-8-19/h2-3,6,9-10,17H,4-5,7-8H2,1H3. The highest BCUT2D eigenvalue weighted by Crippen LogP contribution is 2.19. The van der Waals surface area contributed by atoms with Gasteiger partial charge in [0.2, 0.25) is 0 Å². The molecule has 0 bridgehead atoms. The molecule has 2 heterocycles. The lowest BCUT2D eigenvalue weighted by molar-refractivity contribution is 0.581. The van der Waals surface area contributed by atoms with Crippen LogP contribution >= 0.6 is 15.9 Å². The second-order valence-electron chi connectivity index (χ2n) is 5.10. The Morgan fingerprint density at radius 3 is 2.76 bits per heavy atom. The largest absolute Gasteiger partial charge is 0.349 e. The van der Waals surface area contributed by atoms with Crippen LogP contribution in [0.25, 0.3) is 5.69 Å². The van der Waals surface area contributed by atoms with E-state index in [4.69, 9.17) is 0 Å². The zero-order valence-electron chi connectivity index (χ0n) is 11.8. The molecule has 1 aromatic carbocycles. The monoisotopic (exact) mass is 348 g/mol. The highest BCUT2D eigenvalue weighted by molar-refractivity contribution is 9.10. The van der Waals surface area contributed by atoms with Crippen LogP contribution in [0.3, 0.4) is 0 Å². The second-order valence-corrected chi connectivity index (χ2v) is 5.95. The fraction of sp³-hybridized carbons (Fsp3) is 0.333. The molecule has 0 atom stereocenters. The van der Waals surface area contributed by atoms with E-state index >= 15 is 0 Å². The van der Waals surface area contributed by atoms with Crippen molar-refractivity contribution in [1.29, 1.82) is 0 Å². The van der Waals surface area contributed by atoms with Gasteiger partial charge in [0.25, 0.3) is 5.56 Å². The third kappa shape index (κ3) is 2.87.